The Labute approximate surface area is 108 Å². The van der Waals surface area contributed by atoms with Crippen LogP contribution in [0.15, 0.2) is 30.9 Å². The van der Waals surface area contributed by atoms with Gasteiger partial charge < -0.3 is 22.5 Å². The van der Waals surface area contributed by atoms with Crippen LogP contribution in [0, 0.1) is 0 Å². The summed E-state index contributed by atoms with van der Waals surface area (Å²) < 4.78 is 5.62. The van der Waals surface area contributed by atoms with Gasteiger partial charge in [-0.2, -0.15) is 0 Å². The molecule has 16 heavy (non-hydrogen) atoms. The van der Waals surface area contributed by atoms with Crippen LogP contribution < -0.4 is 22.5 Å². The van der Waals surface area contributed by atoms with Gasteiger partial charge in [0.2, 0.25) is 0 Å². The quantitative estimate of drug-likeness (QED) is 0.559. The number of halogens is 2. The molecule has 0 saturated carbocycles. The van der Waals surface area contributed by atoms with Gasteiger partial charge in [0.05, 0.1) is 0 Å². The van der Waals surface area contributed by atoms with Gasteiger partial charge in [0.1, 0.15) is 12.4 Å². The third-order valence-electron chi connectivity index (χ3n) is 2.00. The van der Waals surface area contributed by atoms with Gasteiger partial charge in [0.15, 0.2) is 0 Å². The van der Waals surface area contributed by atoms with E-state index in [0.29, 0.717) is 6.61 Å². The molecule has 0 aromatic heterocycles. The number of nitrogens with one attached hydrogen (secondary N) is 1. The molecule has 1 N–H and O–H groups in total. The van der Waals surface area contributed by atoms with Gasteiger partial charge >= 0.3 is 0 Å². The maximum atomic E-state index is 5.91. The lowest BCUT2D eigenvalue weighted by Crippen LogP contribution is -3.00. The van der Waals surface area contributed by atoms with E-state index < -0.39 is 0 Å². The van der Waals surface area contributed by atoms with Crippen LogP contribution in [-0.2, 0) is 6.42 Å². The third kappa shape index (κ3) is 4.88. The lowest BCUT2D eigenvalue weighted by molar-refractivity contribution is -0.00000347. The zero-order chi connectivity index (χ0) is 11.1. The van der Waals surface area contributed by atoms with E-state index in [1.807, 2.05) is 31.3 Å². The second-order valence-corrected chi connectivity index (χ2v) is 3.63. The molecule has 0 heterocycles. The average molecular weight is 261 g/mol. The Hall–Kier alpha value is -0.700. The number of rotatable bonds is 6. The zero-order valence-electron chi connectivity index (χ0n) is 9.30. The van der Waals surface area contributed by atoms with E-state index in [0.717, 1.165) is 29.3 Å². The lowest BCUT2D eigenvalue weighted by atomic mass is 10.1. The van der Waals surface area contributed by atoms with Crippen LogP contribution >= 0.6 is 11.6 Å². The van der Waals surface area contributed by atoms with Crippen LogP contribution in [0.2, 0.25) is 5.02 Å². The normalized spacial score (nSPS) is 9.38. The number of likely N-dealkylation sites (N-methyl/N-ethyl adjacent to an activating group) is 1. The highest BCUT2D eigenvalue weighted by Crippen LogP contribution is 2.23. The lowest BCUT2D eigenvalue weighted by Gasteiger charge is -2.10. The van der Waals surface area contributed by atoms with Crippen molar-refractivity contribution in [1.82, 2.24) is 5.32 Å². The molecular formula is C12H16Cl2NO-. The van der Waals surface area contributed by atoms with Gasteiger partial charge in [-0.3, -0.25) is 0 Å². The molecule has 4 heteroatoms. The minimum Gasteiger partial charge on any atom is -1.00 e. The molecule has 0 fully saturated rings. The van der Waals surface area contributed by atoms with E-state index >= 15 is 0 Å². The smallest absolute Gasteiger partial charge is 0.122 e. The van der Waals surface area contributed by atoms with Crippen molar-refractivity contribution in [3.05, 3.63) is 41.4 Å². The van der Waals surface area contributed by atoms with E-state index in [9.17, 15) is 0 Å². The summed E-state index contributed by atoms with van der Waals surface area (Å²) in [6.07, 6.45) is 2.62. The Morgan fingerprint density at radius 1 is 1.50 bits per heavy atom. The molecule has 0 unspecified atom stereocenters. The fraction of sp³-hybridized carbons (Fsp3) is 0.333. The third-order valence-corrected chi connectivity index (χ3v) is 2.23. The highest BCUT2D eigenvalue weighted by molar-refractivity contribution is 6.30. The van der Waals surface area contributed by atoms with Gasteiger partial charge in [-0.05, 0) is 37.2 Å². The van der Waals surface area contributed by atoms with Gasteiger partial charge in [0, 0.05) is 11.6 Å². The second-order valence-electron chi connectivity index (χ2n) is 3.20. The molecule has 2 nitrogen and oxygen atoms in total. The minimum absolute atomic E-state index is 0. The monoisotopic (exact) mass is 260 g/mol. The molecule has 0 aliphatic carbocycles. The summed E-state index contributed by atoms with van der Waals surface area (Å²) >= 11 is 5.91. The molecule has 1 aromatic rings. The predicted molar refractivity (Wildman–Crippen MR) is 64.8 cm³/mol. The van der Waals surface area contributed by atoms with Crippen molar-refractivity contribution in [2.24, 2.45) is 0 Å². The van der Waals surface area contributed by atoms with Crippen molar-refractivity contribution in [3.63, 3.8) is 0 Å². The molecule has 0 radical (unpaired) electrons. The summed E-state index contributed by atoms with van der Waals surface area (Å²) in [4.78, 5) is 0. The van der Waals surface area contributed by atoms with Crippen LogP contribution in [0.25, 0.3) is 0 Å². The summed E-state index contributed by atoms with van der Waals surface area (Å²) in [6.45, 7) is 5.20. The SMILES string of the molecule is C=CCc1cc(Cl)ccc1OCCNC.[Cl-]. The number of hydrogen-bond acceptors (Lipinski definition) is 2. The van der Waals surface area contributed by atoms with Gasteiger partial charge in [-0.15, -0.1) is 6.58 Å². The van der Waals surface area contributed by atoms with E-state index in [4.69, 9.17) is 16.3 Å². The zero-order valence-corrected chi connectivity index (χ0v) is 10.8. The molecule has 90 valence electrons. The summed E-state index contributed by atoms with van der Waals surface area (Å²) in [5.74, 6) is 0.884. The molecule has 0 spiro atoms. The largest absolute Gasteiger partial charge is 1.00 e. The predicted octanol–water partition coefficient (Wildman–Crippen LogP) is -0.329. The van der Waals surface area contributed by atoms with Crippen molar-refractivity contribution in [3.8, 4) is 5.75 Å². The molecule has 0 aliphatic rings. The van der Waals surface area contributed by atoms with Crippen LogP contribution in [-0.4, -0.2) is 20.2 Å². The molecular weight excluding hydrogens is 245 g/mol. The highest BCUT2D eigenvalue weighted by Gasteiger charge is 2.02. The number of allylic oxidation sites excluding steroid dienone is 1. The van der Waals surface area contributed by atoms with E-state index in [2.05, 4.69) is 11.9 Å². The van der Waals surface area contributed by atoms with Crippen molar-refractivity contribution in [1.29, 1.82) is 0 Å². The van der Waals surface area contributed by atoms with Crippen molar-refractivity contribution in [2.75, 3.05) is 20.2 Å². The Morgan fingerprint density at radius 3 is 2.88 bits per heavy atom. The molecule has 0 atom stereocenters. The second kappa shape index (κ2) is 8.45. The van der Waals surface area contributed by atoms with E-state index in [1.165, 1.54) is 0 Å². The van der Waals surface area contributed by atoms with E-state index in [1.54, 1.807) is 0 Å². The maximum absolute atomic E-state index is 5.91. The summed E-state index contributed by atoms with van der Waals surface area (Å²) in [5.41, 5.74) is 1.08. The highest BCUT2D eigenvalue weighted by atomic mass is 35.5. The van der Waals surface area contributed by atoms with Gasteiger partial charge in [-0.1, -0.05) is 17.7 Å². The standard InChI is InChI=1S/C12H16ClNO.ClH/c1-3-4-10-9-11(13)5-6-12(10)15-8-7-14-2;/h3,5-6,9,14H,1,4,7-8H2,2H3;1H/p-1. The number of hydrogen-bond donors (Lipinski definition) is 1. The summed E-state index contributed by atoms with van der Waals surface area (Å²) in [7, 11) is 1.90. The first kappa shape index (κ1) is 15.3. The van der Waals surface area contributed by atoms with Crippen molar-refractivity contribution in [2.45, 2.75) is 6.42 Å². The van der Waals surface area contributed by atoms with Gasteiger partial charge in [0.25, 0.3) is 0 Å². The Balaban J connectivity index is 0.00000225. The Kier molecular flexibility index (Phi) is 8.08. The Bertz CT molecular complexity index is 329. The number of ether oxygens (including phenoxy) is 1. The van der Waals surface area contributed by atoms with Gasteiger partial charge in [-0.25, -0.2) is 0 Å². The summed E-state index contributed by atoms with van der Waals surface area (Å²) in [5, 5.41) is 3.76. The molecule has 0 amide bonds. The van der Waals surface area contributed by atoms with Crippen LogP contribution in [0.1, 0.15) is 5.56 Å². The van der Waals surface area contributed by atoms with Crippen LogP contribution in [0.3, 0.4) is 0 Å². The van der Waals surface area contributed by atoms with Crippen molar-refractivity contribution >= 4 is 11.6 Å². The summed E-state index contributed by atoms with van der Waals surface area (Å²) in [6, 6.07) is 5.65. The first-order chi connectivity index (χ1) is 7.27. The maximum Gasteiger partial charge on any atom is 0.122 e. The molecule has 1 aromatic carbocycles. The fourth-order valence-corrected chi connectivity index (χ4v) is 1.46. The first-order valence-electron chi connectivity index (χ1n) is 4.94. The first-order valence-corrected chi connectivity index (χ1v) is 5.32. The average Bonchev–Trinajstić information content (AvgIpc) is 2.22. The minimum atomic E-state index is 0. The molecule has 0 bridgehead atoms. The topological polar surface area (TPSA) is 21.3 Å². The molecule has 0 saturated heterocycles. The van der Waals surface area contributed by atoms with Crippen LogP contribution in [0.4, 0.5) is 0 Å². The van der Waals surface area contributed by atoms with E-state index in [-0.39, 0.29) is 12.4 Å². The Morgan fingerprint density at radius 2 is 2.25 bits per heavy atom. The van der Waals surface area contributed by atoms with Crippen LogP contribution in [0.5, 0.6) is 5.75 Å². The fourth-order valence-electron chi connectivity index (χ4n) is 1.27. The number of benzene rings is 1. The molecule has 0 aliphatic heterocycles. The molecule has 1 rings (SSSR count). The van der Waals surface area contributed by atoms with Crippen molar-refractivity contribution < 1.29 is 17.1 Å².